The second-order valence-electron chi connectivity index (χ2n) is 6.84. The molecule has 2 aliphatic rings. The van der Waals surface area contributed by atoms with Crippen molar-refractivity contribution in [3.63, 3.8) is 0 Å². The highest BCUT2D eigenvalue weighted by molar-refractivity contribution is 5.78. The number of benzene rings is 1. The molecule has 1 aromatic rings. The molecule has 9 heteroatoms. The second kappa shape index (κ2) is 8.77. The number of aliphatic carboxylic acids is 1. The number of hydrogen-bond donors (Lipinski definition) is 2. The molecule has 148 valence electrons. The van der Waals surface area contributed by atoms with E-state index in [9.17, 15) is 19.9 Å². The van der Waals surface area contributed by atoms with Crippen molar-refractivity contribution < 1.29 is 24.1 Å². The first-order valence-corrected chi connectivity index (χ1v) is 9.19. The van der Waals surface area contributed by atoms with Crippen LogP contribution in [0.2, 0.25) is 0 Å². The number of ether oxygens (including phenoxy) is 1. The molecule has 1 aromatic carbocycles. The van der Waals surface area contributed by atoms with Crippen molar-refractivity contribution in [1.29, 1.82) is 0 Å². The summed E-state index contributed by atoms with van der Waals surface area (Å²) >= 11 is 0. The molecule has 27 heavy (non-hydrogen) atoms. The summed E-state index contributed by atoms with van der Waals surface area (Å²) in [4.78, 5) is 28.7. The van der Waals surface area contributed by atoms with Crippen molar-refractivity contribution in [3.8, 4) is 0 Å². The number of amides is 2. The quantitative estimate of drug-likeness (QED) is 0.566. The van der Waals surface area contributed by atoms with Gasteiger partial charge in [0.05, 0.1) is 13.2 Å². The zero-order chi connectivity index (χ0) is 19.3. The van der Waals surface area contributed by atoms with Gasteiger partial charge in [-0.15, -0.1) is 0 Å². The summed E-state index contributed by atoms with van der Waals surface area (Å²) in [5, 5.41) is 27.0. The SMILES string of the molecule is O=C(O)C(c1ccccc1)[N+]([O-])(CN1CCOCC1)C(=O)N1CCNCC1. The van der Waals surface area contributed by atoms with Crippen molar-refractivity contribution in [1.82, 2.24) is 15.1 Å². The Kier molecular flexibility index (Phi) is 6.40. The normalized spacial score (nSPS) is 22.0. The molecule has 2 N–H and O–H groups in total. The fourth-order valence-electron chi connectivity index (χ4n) is 3.58. The third-order valence-electron chi connectivity index (χ3n) is 4.99. The summed E-state index contributed by atoms with van der Waals surface area (Å²) in [5.74, 6) is -1.30. The van der Waals surface area contributed by atoms with Gasteiger partial charge in [-0.2, -0.15) is 0 Å². The van der Waals surface area contributed by atoms with E-state index in [1.807, 2.05) is 4.90 Å². The summed E-state index contributed by atoms with van der Waals surface area (Å²) < 4.78 is 3.85. The van der Waals surface area contributed by atoms with Gasteiger partial charge < -0.3 is 20.4 Å². The van der Waals surface area contributed by atoms with Crippen LogP contribution in [0.1, 0.15) is 11.6 Å². The molecule has 0 spiro atoms. The van der Waals surface area contributed by atoms with Gasteiger partial charge in [-0.05, 0) is 0 Å². The lowest BCUT2D eigenvalue weighted by Gasteiger charge is -2.48. The monoisotopic (exact) mass is 378 g/mol. The van der Waals surface area contributed by atoms with Gasteiger partial charge in [0.1, 0.15) is 6.67 Å². The third-order valence-corrected chi connectivity index (χ3v) is 4.99. The minimum Gasteiger partial charge on any atom is -0.622 e. The molecule has 0 aliphatic carbocycles. The lowest BCUT2D eigenvalue weighted by atomic mass is 10.1. The van der Waals surface area contributed by atoms with Crippen molar-refractivity contribution in [2.24, 2.45) is 0 Å². The molecule has 2 aliphatic heterocycles. The smallest absolute Gasteiger partial charge is 0.421 e. The molecule has 2 fully saturated rings. The van der Waals surface area contributed by atoms with E-state index in [-0.39, 0.29) is 6.67 Å². The van der Waals surface area contributed by atoms with Crippen LogP contribution in [0.4, 0.5) is 4.79 Å². The Hall–Kier alpha value is -2.04. The Morgan fingerprint density at radius 3 is 2.37 bits per heavy atom. The van der Waals surface area contributed by atoms with Gasteiger partial charge in [-0.1, -0.05) is 30.3 Å². The lowest BCUT2D eigenvalue weighted by Crippen LogP contribution is -2.64. The summed E-state index contributed by atoms with van der Waals surface area (Å²) in [5.41, 5.74) is 0.330. The minimum absolute atomic E-state index is 0.210. The molecule has 2 atom stereocenters. The summed E-state index contributed by atoms with van der Waals surface area (Å²) in [6.07, 6.45) is 0. The average Bonchev–Trinajstić information content (AvgIpc) is 2.69. The lowest BCUT2D eigenvalue weighted by molar-refractivity contribution is -0.838. The van der Waals surface area contributed by atoms with Crippen molar-refractivity contribution in [3.05, 3.63) is 41.1 Å². The molecule has 0 aromatic heterocycles. The van der Waals surface area contributed by atoms with Crippen LogP contribution in [0.25, 0.3) is 0 Å². The van der Waals surface area contributed by atoms with Crippen molar-refractivity contribution >= 4 is 12.0 Å². The van der Waals surface area contributed by atoms with Crippen LogP contribution in [-0.4, -0.2) is 90.7 Å². The zero-order valence-electron chi connectivity index (χ0n) is 15.2. The molecule has 9 nitrogen and oxygen atoms in total. The van der Waals surface area contributed by atoms with Crippen molar-refractivity contribution in [2.75, 3.05) is 59.2 Å². The van der Waals surface area contributed by atoms with Crippen LogP contribution in [0.3, 0.4) is 0 Å². The molecular weight excluding hydrogens is 352 g/mol. The fourth-order valence-corrected chi connectivity index (χ4v) is 3.58. The minimum atomic E-state index is -1.52. The Bertz CT molecular complexity index is 646. The number of carbonyl (C=O) groups excluding carboxylic acids is 1. The predicted molar refractivity (Wildman–Crippen MR) is 97.5 cm³/mol. The molecule has 2 amide bonds. The first kappa shape index (κ1) is 19.7. The molecule has 0 saturated carbocycles. The molecular formula is C18H26N4O5. The van der Waals surface area contributed by atoms with Crippen LogP contribution in [-0.2, 0) is 9.53 Å². The topological polar surface area (TPSA) is 105 Å². The van der Waals surface area contributed by atoms with Gasteiger partial charge in [-0.3, -0.25) is 9.80 Å². The molecule has 2 unspecified atom stereocenters. The van der Waals surface area contributed by atoms with Crippen LogP contribution in [0, 0.1) is 5.21 Å². The number of hydrogen-bond acceptors (Lipinski definition) is 6. The zero-order valence-corrected chi connectivity index (χ0v) is 15.2. The maximum absolute atomic E-state index is 14.0. The van der Waals surface area contributed by atoms with Gasteiger partial charge in [0.15, 0.2) is 0 Å². The van der Waals surface area contributed by atoms with Gasteiger partial charge in [0, 0.05) is 44.8 Å². The van der Waals surface area contributed by atoms with E-state index in [4.69, 9.17) is 4.74 Å². The van der Waals surface area contributed by atoms with Crippen LogP contribution >= 0.6 is 0 Å². The Labute approximate surface area is 158 Å². The number of morpholine rings is 1. The largest absolute Gasteiger partial charge is 0.622 e. The van der Waals surface area contributed by atoms with Gasteiger partial charge >= 0.3 is 12.0 Å². The van der Waals surface area contributed by atoms with Crippen LogP contribution in [0.5, 0.6) is 0 Å². The number of nitrogens with zero attached hydrogens (tertiary/aromatic N) is 3. The molecule has 0 radical (unpaired) electrons. The van der Waals surface area contributed by atoms with E-state index in [0.29, 0.717) is 58.0 Å². The van der Waals surface area contributed by atoms with Gasteiger partial charge in [-0.25, -0.2) is 14.2 Å². The van der Waals surface area contributed by atoms with E-state index in [2.05, 4.69) is 5.32 Å². The summed E-state index contributed by atoms with van der Waals surface area (Å²) in [6.45, 7) is 3.68. The van der Waals surface area contributed by atoms with Gasteiger partial charge in [0.2, 0.25) is 6.04 Å². The highest BCUT2D eigenvalue weighted by Gasteiger charge is 2.46. The molecule has 2 heterocycles. The number of hydroxylamine groups is 3. The first-order valence-electron chi connectivity index (χ1n) is 9.19. The van der Waals surface area contributed by atoms with Crippen LogP contribution in [0.15, 0.2) is 30.3 Å². The Balaban J connectivity index is 1.95. The van der Waals surface area contributed by atoms with Gasteiger partial charge in [0.25, 0.3) is 0 Å². The number of quaternary nitrogens is 1. The number of nitrogens with one attached hydrogen (secondary N) is 1. The number of carboxylic acid groups (broad SMARTS) is 1. The molecule has 0 bridgehead atoms. The number of piperazine rings is 1. The van der Waals surface area contributed by atoms with Crippen LogP contribution < -0.4 is 5.32 Å². The second-order valence-corrected chi connectivity index (χ2v) is 6.84. The number of carboxylic acids is 1. The average molecular weight is 378 g/mol. The number of rotatable bonds is 5. The first-order chi connectivity index (χ1) is 13.0. The van der Waals surface area contributed by atoms with E-state index in [1.54, 1.807) is 30.3 Å². The Morgan fingerprint density at radius 2 is 1.78 bits per heavy atom. The standard InChI is InChI=1S/C18H26N4O5/c23-17(24)16(15-4-2-1-3-5-15)22(26,14-20-10-12-27-13-11-20)18(25)21-8-6-19-7-9-21/h1-5,16,19H,6-14H2,(H,23,24). The highest BCUT2D eigenvalue weighted by Crippen LogP contribution is 2.31. The maximum atomic E-state index is 14.0. The molecule has 2 saturated heterocycles. The highest BCUT2D eigenvalue weighted by atomic mass is 16.6. The third kappa shape index (κ3) is 4.45. The Morgan fingerprint density at radius 1 is 1.15 bits per heavy atom. The van der Waals surface area contributed by atoms with E-state index in [1.165, 1.54) is 4.90 Å². The summed E-state index contributed by atoms with van der Waals surface area (Å²) in [7, 11) is 0. The van der Waals surface area contributed by atoms with E-state index < -0.39 is 22.7 Å². The number of carbonyl (C=O) groups is 2. The molecule has 3 rings (SSSR count). The summed E-state index contributed by atoms with van der Waals surface area (Å²) in [6, 6.07) is 6.08. The van der Waals surface area contributed by atoms with E-state index in [0.717, 1.165) is 0 Å². The fraction of sp³-hybridized carbons (Fsp3) is 0.556. The maximum Gasteiger partial charge on any atom is 0.421 e. The number of urea groups is 1. The predicted octanol–water partition coefficient (Wildman–Crippen LogP) is 0.442. The van der Waals surface area contributed by atoms with Crippen molar-refractivity contribution in [2.45, 2.75) is 6.04 Å². The van der Waals surface area contributed by atoms with E-state index >= 15 is 0 Å².